The second-order valence-corrected chi connectivity index (χ2v) is 12.7. The maximum Gasteiger partial charge on any atom is 0.143 e. The first kappa shape index (κ1) is 27.5. The zero-order valence-electron chi connectivity index (χ0n) is 26.4. The van der Waals surface area contributed by atoms with E-state index in [9.17, 15) is 0 Å². The lowest BCUT2D eigenvalue weighted by Gasteiger charge is -2.29. The van der Waals surface area contributed by atoms with E-state index in [0.29, 0.717) is 5.92 Å². The smallest absolute Gasteiger partial charge is 0.143 e. The number of nitrogens with zero attached hydrogens (tertiary/aromatic N) is 1. The Labute approximate surface area is 274 Å². The highest BCUT2D eigenvalue weighted by molar-refractivity contribution is 6.22. The van der Waals surface area contributed by atoms with Gasteiger partial charge in [-0.25, -0.2) is 0 Å². The van der Waals surface area contributed by atoms with Crippen molar-refractivity contribution in [3.05, 3.63) is 163 Å². The van der Waals surface area contributed by atoms with Gasteiger partial charge in [-0.1, -0.05) is 141 Å². The third-order valence-electron chi connectivity index (χ3n) is 9.60. The van der Waals surface area contributed by atoms with Crippen LogP contribution in [0, 0.1) is 0 Å². The fraction of sp³-hybridized carbons (Fsp3) is 0.0667. The molecule has 0 atom stereocenters. The monoisotopic (exact) mass is 603 g/mol. The molecular weight excluding hydrogens is 571 g/mol. The Morgan fingerprint density at radius 2 is 1.06 bits per heavy atom. The minimum absolute atomic E-state index is 0.362. The van der Waals surface area contributed by atoms with Crippen LogP contribution < -0.4 is 4.90 Å². The predicted octanol–water partition coefficient (Wildman–Crippen LogP) is 13.3. The standard InChI is InChI=1S/C45H33NO/c1-29(2)34-21-12-22-43-44(34)40-28-42(38-19-10-11-20-39(38)45(40)47-43)46(33-25-23-31(24-26-33)30-13-4-3-5-14-30)41-27-32-15-6-7-16-35(32)36-17-8-9-18-37(36)41/h3-29H,1-2H3. The Hall–Kier alpha value is -5.86. The zero-order chi connectivity index (χ0) is 31.5. The Balaban J connectivity index is 1.40. The quantitative estimate of drug-likeness (QED) is 0.182. The molecule has 0 N–H and O–H groups in total. The van der Waals surface area contributed by atoms with Crippen molar-refractivity contribution in [3.8, 4) is 11.1 Å². The lowest BCUT2D eigenvalue weighted by molar-refractivity contribution is 0.672. The van der Waals surface area contributed by atoms with Crippen molar-refractivity contribution >= 4 is 71.3 Å². The Kier molecular flexibility index (Phi) is 6.36. The van der Waals surface area contributed by atoms with Crippen LogP contribution in [0.2, 0.25) is 0 Å². The largest absolute Gasteiger partial charge is 0.455 e. The van der Waals surface area contributed by atoms with Gasteiger partial charge < -0.3 is 9.32 Å². The molecule has 0 saturated heterocycles. The summed E-state index contributed by atoms with van der Waals surface area (Å²) in [4.78, 5) is 2.46. The Morgan fingerprint density at radius 1 is 0.468 bits per heavy atom. The highest BCUT2D eigenvalue weighted by atomic mass is 16.3. The van der Waals surface area contributed by atoms with Crippen LogP contribution in [0.15, 0.2) is 162 Å². The van der Waals surface area contributed by atoms with E-state index in [1.807, 2.05) is 0 Å². The van der Waals surface area contributed by atoms with Gasteiger partial charge >= 0.3 is 0 Å². The van der Waals surface area contributed by atoms with Crippen LogP contribution in [0.25, 0.3) is 65.4 Å². The van der Waals surface area contributed by atoms with Gasteiger partial charge in [0.05, 0.1) is 11.4 Å². The summed E-state index contributed by atoms with van der Waals surface area (Å²) in [7, 11) is 0. The van der Waals surface area contributed by atoms with Gasteiger partial charge in [0.2, 0.25) is 0 Å². The minimum Gasteiger partial charge on any atom is -0.455 e. The normalized spacial score (nSPS) is 11.8. The van der Waals surface area contributed by atoms with Crippen molar-refractivity contribution in [2.24, 2.45) is 0 Å². The van der Waals surface area contributed by atoms with Crippen LogP contribution in [0.1, 0.15) is 25.3 Å². The summed E-state index contributed by atoms with van der Waals surface area (Å²) in [6, 6.07) is 57.0. The lowest BCUT2D eigenvalue weighted by atomic mass is 9.95. The molecule has 0 bridgehead atoms. The summed E-state index contributed by atoms with van der Waals surface area (Å²) < 4.78 is 6.68. The average Bonchev–Trinajstić information content (AvgIpc) is 3.51. The molecule has 2 nitrogen and oxygen atoms in total. The first-order valence-electron chi connectivity index (χ1n) is 16.4. The number of rotatable bonds is 5. The third kappa shape index (κ3) is 4.40. The maximum absolute atomic E-state index is 6.68. The third-order valence-corrected chi connectivity index (χ3v) is 9.60. The summed E-state index contributed by atoms with van der Waals surface area (Å²) in [6.07, 6.45) is 0. The van der Waals surface area contributed by atoms with Gasteiger partial charge in [-0.05, 0) is 69.1 Å². The van der Waals surface area contributed by atoms with Crippen LogP contribution in [0.4, 0.5) is 17.1 Å². The summed E-state index contributed by atoms with van der Waals surface area (Å²) in [5.41, 5.74) is 8.96. The van der Waals surface area contributed by atoms with Crippen LogP contribution in [-0.4, -0.2) is 0 Å². The van der Waals surface area contributed by atoms with Gasteiger partial charge in [0.25, 0.3) is 0 Å². The van der Waals surface area contributed by atoms with Crippen LogP contribution >= 0.6 is 0 Å². The van der Waals surface area contributed by atoms with E-state index in [1.165, 1.54) is 43.6 Å². The van der Waals surface area contributed by atoms with Gasteiger partial charge in [0.15, 0.2) is 0 Å². The summed E-state index contributed by atoms with van der Waals surface area (Å²) in [6.45, 7) is 4.52. The van der Waals surface area contributed by atoms with Crippen molar-refractivity contribution in [2.45, 2.75) is 19.8 Å². The molecule has 0 fully saturated rings. The molecule has 47 heavy (non-hydrogen) atoms. The highest BCUT2D eigenvalue weighted by Gasteiger charge is 2.23. The predicted molar refractivity (Wildman–Crippen MR) is 200 cm³/mol. The van der Waals surface area contributed by atoms with Gasteiger partial charge in [-0.3, -0.25) is 0 Å². The lowest BCUT2D eigenvalue weighted by Crippen LogP contribution is -2.11. The molecule has 0 radical (unpaired) electrons. The summed E-state index contributed by atoms with van der Waals surface area (Å²) in [5, 5.41) is 9.54. The van der Waals surface area contributed by atoms with Crippen LogP contribution in [-0.2, 0) is 0 Å². The van der Waals surface area contributed by atoms with Crippen molar-refractivity contribution in [1.29, 1.82) is 0 Å². The molecule has 1 heterocycles. The van der Waals surface area contributed by atoms with Gasteiger partial charge in [-0.2, -0.15) is 0 Å². The molecule has 0 aliphatic rings. The molecule has 9 rings (SSSR count). The number of hydrogen-bond donors (Lipinski definition) is 0. The van der Waals surface area contributed by atoms with Gasteiger partial charge in [0.1, 0.15) is 11.2 Å². The van der Waals surface area contributed by atoms with Gasteiger partial charge in [0, 0.05) is 32.6 Å². The molecule has 224 valence electrons. The molecule has 0 unspecified atom stereocenters. The number of fused-ring (bicyclic) bond motifs is 8. The second-order valence-electron chi connectivity index (χ2n) is 12.7. The number of anilines is 3. The molecule has 1 aromatic heterocycles. The van der Waals surface area contributed by atoms with Crippen molar-refractivity contribution in [3.63, 3.8) is 0 Å². The maximum atomic E-state index is 6.68. The Bertz CT molecular complexity index is 2590. The number of hydrogen-bond acceptors (Lipinski definition) is 2. The van der Waals surface area contributed by atoms with E-state index in [0.717, 1.165) is 44.4 Å². The fourth-order valence-electron chi connectivity index (χ4n) is 7.38. The van der Waals surface area contributed by atoms with E-state index >= 15 is 0 Å². The fourth-order valence-corrected chi connectivity index (χ4v) is 7.38. The van der Waals surface area contributed by atoms with E-state index < -0.39 is 0 Å². The van der Waals surface area contributed by atoms with Crippen molar-refractivity contribution in [2.75, 3.05) is 4.90 Å². The first-order valence-corrected chi connectivity index (χ1v) is 16.4. The SMILES string of the molecule is CC(C)c1cccc2oc3c4ccccc4c(N(c4ccc(-c5ccccc5)cc4)c4cc5ccccc5c5ccccc45)cc3c12. The summed E-state index contributed by atoms with van der Waals surface area (Å²) in [5.74, 6) is 0.362. The van der Waals surface area contributed by atoms with Crippen LogP contribution in [0.3, 0.4) is 0 Å². The van der Waals surface area contributed by atoms with E-state index in [4.69, 9.17) is 4.42 Å². The topological polar surface area (TPSA) is 16.4 Å². The Morgan fingerprint density at radius 3 is 1.81 bits per heavy atom. The summed E-state index contributed by atoms with van der Waals surface area (Å²) >= 11 is 0. The number of benzene rings is 8. The molecule has 0 spiro atoms. The molecule has 0 aliphatic heterocycles. The van der Waals surface area contributed by atoms with Crippen molar-refractivity contribution < 1.29 is 4.42 Å². The zero-order valence-corrected chi connectivity index (χ0v) is 26.4. The van der Waals surface area contributed by atoms with Gasteiger partial charge in [-0.15, -0.1) is 0 Å². The molecule has 8 aromatic carbocycles. The second kappa shape index (κ2) is 10.9. The molecule has 0 aliphatic carbocycles. The molecule has 2 heteroatoms. The molecule has 0 amide bonds. The van der Waals surface area contributed by atoms with Crippen LogP contribution in [0.5, 0.6) is 0 Å². The minimum atomic E-state index is 0.362. The van der Waals surface area contributed by atoms with Crippen molar-refractivity contribution in [1.82, 2.24) is 0 Å². The van der Waals surface area contributed by atoms with E-state index in [1.54, 1.807) is 0 Å². The molecule has 9 aromatic rings. The molecular formula is C45H33NO. The number of furan rings is 1. The highest BCUT2D eigenvalue weighted by Crippen LogP contribution is 2.48. The molecule has 0 saturated carbocycles. The van der Waals surface area contributed by atoms with E-state index in [2.05, 4.69) is 176 Å². The van der Waals surface area contributed by atoms with E-state index in [-0.39, 0.29) is 0 Å². The first-order chi connectivity index (χ1) is 23.2. The average molecular weight is 604 g/mol.